The average molecular weight is 943 g/mol. The second kappa shape index (κ2) is 17.9. The minimum Gasteiger partial charge on any atom is -0.309 e. The molecule has 0 unspecified atom stereocenters. The second-order valence-corrected chi connectivity index (χ2v) is 18.1. The Kier molecular flexibility index (Phi) is 10.5. The van der Waals surface area contributed by atoms with Crippen molar-refractivity contribution < 1.29 is 0 Å². The predicted octanol–water partition coefficient (Wildman–Crippen LogP) is 16.4. The Balaban J connectivity index is 1.12. The molecule has 0 N–H and O–H groups in total. The van der Waals surface area contributed by atoms with Gasteiger partial charge in [0.15, 0.2) is 23.2 Å². The van der Waals surface area contributed by atoms with Crippen LogP contribution in [0.5, 0.6) is 0 Å². The molecular formula is C66H38N8. The van der Waals surface area contributed by atoms with Crippen LogP contribution in [-0.4, -0.2) is 24.1 Å². The molecule has 0 radical (unpaired) electrons. The second-order valence-electron chi connectivity index (χ2n) is 18.1. The van der Waals surface area contributed by atoms with Crippen molar-refractivity contribution in [3.8, 4) is 91.1 Å². The molecule has 0 amide bonds. The molecule has 8 heteroatoms. The summed E-state index contributed by atoms with van der Waals surface area (Å²) >= 11 is 0. The van der Waals surface area contributed by atoms with Crippen LogP contribution >= 0.6 is 0 Å². The van der Waals surface area contributed by atoms with Gasteiger partial charge >= 0.3 is 0 Å². The molecular weight excluding hydrogens is 905 g/mol. The van der Waals surface area contributed by atoms with E-state index < -0.39 is 0 Å². The number of rotatable bonds is 8. The van der Waals surface area contributed by atoms with Gasteiger partial charge in [0.1, 0.15) is 0 Å². The predicted molar refractivity (Wildman–Crippen MR) is 297 cm³/mol. The number of nitrogens with zero attached hydrogens (tertiary/aromatic N) is 8. The quantitative estimate of drug-likeness (QED) is 0.141. The Morgan fingerprint density at radius 2 is 0.730 bits per heavy atom. The number of hydrogen-bond acceptors (Lipinski definition) is 5. The fraction of sp³-hybridized carbons (Fsp3) is 0. The first-order valence-electron chi connectivity index (χ1n) is 24.1. The highest BCUT2D eigenvalue weighted by Gasteiger charge is 2.23. The van der Waals surface area contributed by atoms with Gasteiger partial charge in [0.05, 0.1) is 51.9 Å². The molecule has 10 aromatic carbocycles. The lowest BCUT2D eigenvalue weighted by Crippen LogP contribution is -2.04. The number of nitriles is 2. The fourth-order valence-electron chi connectivity index (χ4n) is 10.5. The van der Waals surface area contributed by atoms with E-state index in [1.807, 2.05) is 84.9 Å². The lowest BCUT2D eigenvalue weighted by atomic mass is 9.96. The van der Waals surface area contributed by atoms with Gasteiger partial charge in [0.25, 0.3) is 0 Å². The highest BCUT2D eigenvalue weighted by atomic mass is 15.0. The lowest BCUT2D eigenvalue weighted by molar-refractivity contribution is 1.07. The SMILES string of the molecule is [C-]#[N+]c1cccc(-c2ccc(-n3c4ccccc4c4ccccc43)cc2-c2nc(-c3cccc(-c4cccc(C#N)c4)c3)nc(-c3cc(-n4c5ccccc5c5ccccc54)ccc3-c3cccc(C#N)c3)n2)c1. The van der Waals surface area contributed by atoms with Crippen molar-refractivity contribution in [1.29, 1.82) is 10.5 Å². The van der Waals surface area contributed by atoms with Crippen molar-refractivity contribution in [1.82, 2.24) is 24.1 Å². The minimum atomic E-state index is 0.421. The van der Waals surface area contributed by atoms with Gasteiger partial charge in [-0.1, -0.05) is 146 Å². The monoisotopic (exact) mass is 942 g/mol. The summed E-state index contributed by atoms with van der Waals surface area (Å²) in [5, 5.41) is 24.6. The van der Waals surface area contributed by atoms with Gasteiger partial charge < -0.3 is 9.13 Å². The van der Waals surface area contributed by atoms with Crippen LogP contribution in [0.25, 0.3) is 127 Å². The summed E-state index contributed by atoms with van der Waals surface area (Å²) in [6, 6.07) is 82.0. The van der Waals surface area contributed by atoms with Crippen LogP contribution in [0.1, 0.15) is 11.1 Å². The van der Waals surface area contributed by atoms with E-state index in [9.17, 15) is 10.5 Å². The number of para-hydroxylation sites is 4. The largest absolute Gasteiger partial charge is 0.309 e. The van der Waals surface area contributed by atoms with Crippen molar-refractivity contribution >= 4 is 49.3 Å². The van der Waals surface area contributed by atoms with E-state index in [4.69, 9.17) is 21.5 Å². The molecule has 0 aliphatic rings. The molecule has 0 spiro atoms. The first-order valence-corrected chi connectivity index (χ1v) is 24.1. The van der Waals surface area contributed by atoms with Gasteiger partial charge in [0, 0.05) is 49.6 Å². The van der Waals surface area contributed by atoms with Crippen LogP contribution in [0.2, 0.25) is 0 Å². The minimum absolute atomic E-state index is 0.421. The molecule has 0 aliphatic heterocycles. The molecule has 0 bridgehead atoms. The Labute approximate surface area is 426 Å². The van der Waals surface area contributed by atoms with E-state index in [-0.39, 0.29) is 0 Å². The lowest BCUT2D eigenvalue weighted by Gasteiger charge is -2.17. The third kappa shape index (κ3) is 7.42. The maximum atomic E-state index is 10.2. The maximum Gasteiger partial charge on any atom is 0.187 e. The Morgan fingerprint density at radius 1 is 0.338 bits per heavy atom. The number of fused-ring (bicyclic) bond motifs is 6. The van der Waals surface area contributed by atoms with Crippen molar-refractivity contribution in [2.45, 2.75) is 0 Å². The average Bonchev–Trinajstić information content (AvgIpc) is 4.00. The van der Waals surface area contributed by atoms with Crippen LogP contribution in [-0.2, 0) is 0 Å². The van der Waals surface area contributed by atoms with Gasteiger partial charge in [-0.2, -0.15) is 10.5 Å². The Bertz CT molecular complexity index is 4210. The summed E-state index contributed by atoms with van der Waals surface area (Å²) in [5.74, 6) is 1.28. The van der Waals surface area contributed by atoms with E-state index in [1.165, 1.54) is 0 Å². The molecule has 8 nitrogen and oxygen atoms in total. The normalized spacial score (nSPS) is 11.2. The summed E-state index contributed by atoms with van der Waals surface area (Å²) in [5.41, 5.74) is 15.0. The molecule has 342 valence electrons. The zero-order valence-corrected chi connectivity index (χ0v) is 39.5. The van der Waals surface area contributed by atoms with Crippen LogP contribution < -0.4 is 0 Å². The zero-order chi connectivity index (χ0) is 49.7. The number of benzene rings is 10. The molecule has 0 saturated carbocycles. The highest BCUT2D eigenvalue weighted by Crippen LogP contribution is 2.42. The standard InChI is InChI=1S/C66H38N8/c1-69-49-21-13-19-47(37-49)53-33-31-51(74-62-28-8-4-24-56(62)57-25-5-9-29-63(57)74)39-59(53)66-71-64(48-20-12-17-45(36-48)44-16-10-14-42(34-44)40-67)70-65(72-66)58-38-50(30-32-52(58)46-18-11-15-43(35-46)41-68)73-60-26-6-2-22-54(60)55-23-3-7-27-61(55)73/h2-39H. The van der Waals surface area contributed by atoms with E-state index in [1.54, 1.807) is 6.07 Å². The summed E-state index contributed by atoms with van der Waals surface area (Å²) in [6.45, 7) is 7.98. The highest BCUT2D eigenvalue weighted by molar-refractivity contribution is 6.10. The summed E-state index contributed by atoms with van der Waals surface area (Å²) in [4.78, 5) is 20.2. The summed E-state index contributed by atoms with van der Waals surface area (Å²) in [7, 11) is 0. The molecule has 0 atom stereocenters. The molecule has 13 aromatic rings. The van der Waals surface area contributed by atoms with Crippen LogP contribution in [0.3, 0.4) is 0 Å². The number of aromatic nitrogens is 5. The molecule has 0 fully saturated rings. The van der Waals surface area contributed by atoms with E-state index in [0.717, 1.165) is 105 Å². The maximum absolute atomic E-state index is 10.2. The van der Waals surface area contributed by atoms with Crippen LogP contribution in [0, 0.1) is 29.2 Å². The van der Waals surface area contributed by atoms with E-state index >= 15 is 0 Å². The molecule has 0 aliphatic carbocycles. The van der Waals surface area contributed by atoms with Crippen LogP contribution in [0.15, 0.2) is 231 Å². The van der Waals surface area contributed by atoms with Gasteiger partial charge in [-0.15, -0.1) is 0 Å². The first kappa shape index (κ1) is 43.3. The van der Waals surface area contributed by atoms with E-state index in [2.05, 4.69) is 166 Å². The van der Waals surface area contributed by atoms with Crippen molar-refractivity contribution in [2.24, 2.45) is 0 Å². The van der Waals surface area contributed by atoms with Gasteiger partial charge in [0.2, 0.25) is 0 Å². The molecule has 0 saturated heterocycles. The molecule has 3 aromatic heterocycles. The smallest absolute Gasteiger partial charge is 0.187 e. The summed E-state index contributed by atoms with van der Waals surface area (Å²) < 4.78 is 4.56. The number of hydrogen-bond donors (Lipinski definition) is 0. The molecule has 13 rings (SSSR count). The molecule has 74 heavy (non-hydrogen) atoms. The van der Waals surface area contributed by atoms with Crippen molar-refractivity contribution in [3.63, 3.8) is 0 Å². The van der Waals surface area contributed by atoms with Gasteiger partial charge in [-0.25, -0.2) is 19.8 Å². The topological polar surface area (TPSA) is 100 Å². The fourth-order valence-corrected chi connectivity index (χ4v) is 10.5. The first-order chi connectivity index (χ1) is 36.5. The third-order valence-electron chi connectivity index (χ3n) is 13.8. The molecule has 3 heterocycles. The van der Waals surface area contributed by atoms with E-state index in [0.29, 0.717) is 34.3 Å². The summed E-state index contributed by atoms with van der Waals surface area (Å²) in [6.07, 6.45) is 0. The Hall–Kier alpha value is -10.7. The third-order valence-corrected chi connectivity index (χ3v) is 13.8. The van der Waals surface area contributed by atoms with Crippen molar-refractivity contribution in [2.75, 3.05) is 0 Å². The van der Waals surface area contributed by atoms with Crippen molar-refractivity contribution in [3.05, 3.63) is 253 Å². The van der Waals surface area contributed by atoms with Crippen LogP contribution in [0.4, 0.5) is 5.69 Å². The van der Waals surface area contributed by atoms with Gasteiger partial charge in [-0.3, -0.25) is 0 Å². The zero-order valence-electron chi connectivity index (χ0n) is 39.5. The Morgan fingerprint density at radius 3 is 1.22 bits per heavy atom. The van der Waals surface area contributed by atoms with Gasteiger partial charge in [-0.05, 0) is 118 Å².